The van der Waals surface area contributed by atoms with Crippen molar-refractivity contribution in [3.63, 3.8) is 0 Å². The van der Waals surface area contributed by atoms with Crippen molar-refractivity contribution in [2.24, 2.45) is 0 Å². The van der Waals surface area contributed by atoms with Gasteiger partial charge in [-0.1, -0.05) is 30.3 Å². The molecule has 0 spiro atoms. The van der Waals surface area contributed by atoms with E-state index in [2.05, 4.69) is 10.3 Å². The highest BCUT2D eigenvalue weighted by atomic mass is 32.1. The lowest BCUT2D eigenvalue weighted by molar-refractivity contribution is -0.121. The van der Waals surface area contributed by atoms with Crippen LogP contribution in [0, 0.1) is 6.92 Å². The second-order valence-corrected chi connectivity index (χ2v) is 6.25. The average Bonchev–Trinajstić information content (AvgIpc) is 2.91. The van der Waals surface area contributed by atoms with E-state index in [4.69, 9.17) is 0 Å². The van der Waals surface area contributed by atoms with Gasteiger partial charge in [-0.15, -0.1) is 11.3 Å². The van der Waals surface area contributed by atoms with Crippen LogP contribution in [0.15, 0.2) is 47.5 Å². The lowest BCUT2D eigenvalue weighted by atomic mass is 10.2. The summed E-state index contributed by atoms with van der Waals surface area (Å²) in [5, 5.41) is 3.37. The third-order valence-corrected chi connectivity index (χ3v) is 4.25. The first-order chi connectivity index (χ1) is 10.6. The Morgan fingerprint density at radius 1 is 1.32 bits per heavy atom. The van der Waals surface area contributed by atoms with Crippen molar-refractivity contribution in [1.29, 1.82) is 0 Å². The molecule has 0 aliphatic rings. The van der Waals surface area contributed by atoms with Crippen LogP contribution in [0.3, 0.4) is 0 Å². The summed E-state index contributed by atoms with van der Waals surface area (Å²) in [6.45, 7) is 2.36. The van der Waals surface area contributed by atoms with E-state index in [0.29, 0.717) is 16.8 Å². The Morgan fingerprint density at radius 3 is 2.86 bits per heavy atom. The van der Waals surface area contributed by atoms with Crippen molar-refractivity contribution in [2.45, 2.75) is 20.0 Å². The lowest BCUT2D eigenvalue weighted by Crippen LogP contribution is -2.32. The van der Waals surface area contributed by atoms with E-state index in [1.54, 1.807) is 0 Å². The second-order valence-electron chi connectivity index (χ2n) is 5.02. The maximum Gasteiger partial charge on any atom is 0.262 e. The van der Waals surface area contributed by atoms with E-state index in [1.165, 1.54) is 22.2 Å². The Balaban J connectivity index is 1.71. The van der Waals surface area contributed by atoms with Crippen molar-refractivity contribution >= 4 is 27.5 Å². The number of benzene rings is 1. The van der Waals surface area contributed by atoms with Crippen LogP contribution in [0.2, 0.25) is 0 Å². The maximum absolute atomic E-state index is 12.3. The van der Waals surface area contributed by atoms with E-state index in [0.717, 1.165) is 10.4 Å². The van der Waals surface area contributed by atoms with Crippen molar-refractivity contribution in [3.8, 4) is 0 Å². The summed E-state index contributed by atoms with van der Waals surface area (Å²) >= 11 is 1.48. The van der Waals surface area contributed by atoms with Crippen LogP contribution in [0.25, 0.3) is 10.2 Å². The van der Waals surface area contributed by atoms with Gasteiger partial charge in [0, 0.05) is 11.4 Å². The number of hydrogen-bond donors (Lipinski definition) is 1. The fourth-order valence-corrected chi connectivity index (χ4v) is 3.04. The van der Waals surface area contributed by atoms with Gasteiger partial charge in [0.15, 0.2) is 0 Å². The molecule has 0 fully saturated rings. The molecular weight excluding hydrogens is 298 g/mol. The van der Waals surface area contributed by atoms with Gasteiger partial charge in [-0.2, -0.15) is 0 Å². The molecule has 0 radical (unpaired) electrons. The third-order valence-electron chi connectivity index (χ3n) is 3.29. The Kier molecular flexibility index (Phi) is 4.02. The first kappa shape index (κ1) is 14.5. The van der Waals surface area contributed by atoms with Crippen LogP contribution < -0.4 is 10.9 Å². The third kappa shape index (κ3) is 3.07. The number of aromatic nitrogens is 2. The monoisotopic (exact) mass is 313 g/mol. The first-order valence-electron chi connectivity index (χ1n) is 6.90. The van der Waals surface area contributed by atoms with Gasteiger partial charge >= 0.3 is 0 Å². The number of carbonyl (C=O) groups is 1. The molecule has 1 amide bonds. The van der Waals surface area contributed by atoms with Crippen molar-refractivity contribution in [3.05, 3.63) is 63.5 Å². The van der Waals surface area contributed by atoms with Crippen molar-refractivity contribution < 1.29 is 4.79 Å². The number of nitrogens with one attached hydrogen (secondary N) is 1. The van der Waals surface area contributed by atoms with E-state index in [-0.39, 0.29) is 18.0 Å². The van der Waals surface area contributed by atoms with Gasteiger partial charge in [0.1, 0.15) is 11.4 Å². The molecule has 2 aromatic heterocycles. The standard InChI is InChI=1S/C16H15N3O2S/c1-11-7-13-15(22-11)18-10-19(16(13)21)9-14(20)17-8-12-5-3-2-4-6-12/h2-7,10H,8-9H2,1H3,(H,17,20). The average molecular weight is 313 g/mol. The first-order valence-corrected chi connectivity index (χ1v) is 7.71. The molecule has 2 heterocycles. The van der Waals surface area contributed by atoms with Gasteiger partial charge in [0.25, 0.3) is 5.56 Å². The molecule has 0 unspecified atom stereocenters. The largest absolute Gasteiger partial charge is 0.350 e. The Morgan fingerprint density at radius 2 is 2.09 bits per heavy atom. The smallest absolute Gasteiger partial charge is 0.262 e. The fraction of sp³-hybridized carbons (Fsp3) is 0.188. The summed E-state index contributed by atoms with van der Waals surface area (Å²) in [7, 11) is 0. The SMILES string of the molecule is Cc1cc2c(=O)n(CC(=O)NCc3ccccc3)cnc2s1. The molecule has 3 rings (SSSR count). The van der Waals surface area contributed by atoms with Gasteiger partial charge < -0.3 is 5.32 Å². The lowest BCUT2D eigenvalue weighted by Gasteiger charge is -2.07. The summed E-state index contributed by atoms with van der Waals surface area (Å²) in [5.41, 5.74) is 0.842. The zero-order chi connectivity index (χ0) is 15.5. The van der Waals surface area contributed by atoms with Gasteiger partial charge in [-0.3, -0.25) is 14.2 Å². The number of thiophene rings is 1. The number of rotatable bonds is 4. The number of nitrogens with zero attached hydrogens (tertiary/aromatic N) is 2. The molecule has 1 N–H and O–H groups in total. The molecular formula is C16H15N3O2S. The zero-order valence-corrected chi connectivity index (χ0v) is 12.9. The molecule has 6 heteroatoms. The van der Waals surface area contributed by atoms with Gasteiger partial charge in [-0.05, 0) is 18.6 Å². The van der Waals surface area contributed by atoms with Gasteiger partial charge in [0.2, 0.25) is 5.91 Å². The van der Waals surface area contributed by atoms with Gasteiger partial charge in [0.05, 0.1) is 11.7 Å². The highest BCUT2D eigenvalue weighted by Crippen LogP contribution is 2.19. The predicted molar refractivity (Wildman–Crippen MR) is 86.9 cm³/mol. The highest BCUT2D eigenvalue weighted by Gasteiger charge is 2.10. The number of carbonyl (C=O) groups excluding carboxylic acids is 1. The molecule has 0 atom stereocenters. The molecule has 112 valence electrons. The van der Waals surface area contributed by atoms with Crippen LogP contribution in [0.1, 0.15) is 10.4 Å². The molecule has 5 nitrogen and oxygen atoms in total. The Labute approximate surface area is 131 Å². The predicted octanol–water partition coefficient (Wildman–Crippen LogP) is 2.08. The summed E-state index contributed by atoms with van der Waals surface area (Å²) < 4.78 is 1.34. The van der Waals surface area contributed by atoms with Crippen LogP contribution in [-0.2, 0) is 17.9 Å². The molecule has 0 saturated carbocycles. The summed E-state index contributed by atoms with van der Waals surface area (Å²) in [6.07, 6.45) is 1.43. The minimum Gasteiger partial charge on any atom is -0.350 e. The minimum atomic E-state index is -0.209. The summed E-state index contributed by atoms with van der Waals surface area (Å²) in [5.74, 6) is -0.209. The zero-order valence-electron chi connectivity index (χ0n) is 12.1. The minimum absolute atomic E-state index is 0.0243. The summed E-state index contributed by atoms with van der Waals surface area (Å²) in [6, 6.07) is 11.5. The topological polar surface area (TPSA) is 64.0 Å². The van der Waals surface area contributed by atoms with Gasteiger partial charge in [-0.25, -0.2) is 4.98 Å². The van der Waals surface area contributed by atoms with E-state index >= 15 is 0 Å². The normalized spacial score (nSPS) is 10.8. The van der Waals surface area contributed by atoms with Crippen LogP contribution in [0.5, 0.6) is 0 Å². The number of fused-ring (bicyclic) bond motifs is 1. The molecule has 0 aliphatic heterocycles. The molecule has 0 aliphatic carbocycles. The quantitative estimate of drug-likeness (QED) is 0.802. The van der Waals surface area contributed by atoms with Crippen LogP contribution in [0.4, 0.5) is 0 Å². The second kappa shape index (κ2) is 6.11. The number of hydrogen-bond acceptors (Lipinski definition) is 4. The van der Waals surface area contributed by atoms with Crippen LogP contribution in [-0.4, -0.2) is 15.5 Å². The van der Waals surface area contributed by atoms with E-state index in [9.17, 15) is 9.59 Å². The highest BCUT2D eigenvalue weighted by molar-refractivity contribution is 7.18. The van der Waals surface area contributed by atoms with E-state index in [1.807, 2.05) is 43.3 Å². The number of aryl methyl sites for hydroxylation is 1. The van der Waals surface area contributed by atoms with Crippen LogP contribution >= 0.6 is 11.3 Å². The fourth-order valence-electron chi connectivity index (χ4n) is 2.20. The Hall–Kier alpha value is -2.47. The number of amides is 1. The summed E-state index contributed by atoms with van der Waals surface area (Å²) in [4.78, 5) is 30.3. The molecule has 3 aromatic rings. The molecule has 0 saturated heterocycles. The molecule has 1 aromatic carbocycles. The Bertz CT molecular complexity index is 868. The van der Waals surface area contributed by atoms with Crippen molar-refractivity contribution in [2.75, 3.05) is 0 Å². The molecule has 22 heavy (non-hydrogen) atoms. The maximum atomic E-state index is 12.3. The molecule has 0 bridgehead atoms. The van der Waals surface area contributed by atoms with Crippen molar-refractivity contribution in [1.82, 2.24) is 14.9 Å². The van der Waals surface area contributed by atoms with E-state index < -0.39 is 0 Å².